The lowest BCUT2D eigenvalue weighted by Gasteiger charge is -2.18. The second-order valence-corrected chi connectivity index (χ2v) is 4.55. The molecule has 2 rings (SSSR count). The number of rotatable bonds is 3. The minimum Gasteiger partial charge on any atom is -0.336 e. The van der Waals surface area contributed by atoms with Crippen molar-refractivity contribution in [3.63, 3.8) is 0 Å². The number of nitrogens with zero attached hydrogens (tertiary/aromatic N) is 2. The molecule has 0 aliphatic carbocycles. The lowest BCUT2D eigenvalue weighted by Crippen LogP contribution is -2.21. The Labute approximate surface area is 110 Å². The number of imidazole rings is 1. The van der Waals surface area contributed by atoms with Gasteiger partial charge in [-0.25, -0.2) is 4.98 Å². The first-order chi connectivity index (χ1) is 8.15. The van der Waals surface area contributed by atoms with E-state index in [-0.39, 0.29) is 6.04 Å². The summed E-state index contributed by atoms with van der Waals surface area (Å²) in [5, 5.41) is 4.32. The summed E-state index contributed by atoms with van der Waals surface area (Å²) < 4.78 is 1.96. The fourth-order valence-electron chi connectivity index (χ4n) is 1.82. The standard InChI is InChI=1S/C12H13Cl2N3/c1-15-11(12-16-6-7-17(12)2)8-4-3-5-9(13)10(8)14/h3-7,11,15H,1-2H3. The van der Waals surface area contributed by atoms with Gasteiger partial charge >= 0.3 is 0 Å². The number of nitrogens with one attached hydrogen (secondary N) is 1. The van der Waals surface area contributed by atoms with Gasteiger partial charge in [0, 0.05) is 19.4 Å². The van der Waals surface area contributed by atoms with E-state index in [9.17, 15) is 0 Å². The van der Waals surface area contributed by atoms with Gasteiger partial charge in [0.25, 0.3) is 0 Å². The molecule has 0 radical (unpaired) electrons. The summed E-state index contributed by atoms with van der Waals surface area (Å²) in [7, 11) is 3.82. The summed E-state index contributed by atoms with van der Waals surface area (Å²) in [6.45, 7) is 0. The van der Waals surface area contributed by atoms with Crippen LogP contribution in [-0.2, 0) is 7.05 Å². The molecular formula is C12H13Cl2N3. The second kappa shape index (κ2) is 5.08. The van der Waals surface area contributed by atoms with Crippen LogP contribution in [0.2, 0.25) is 10.0 Å². The molecule has 1 atom stereocenters. The van der Waals surface area contributed by atoms with Crippen LogP contribution in [0, 0.1) is 0 Å². The average Bonchev–Trinajstić information content (AvgIpc) is 2.72. The molecule has 1 N–H and O–H groups in total. The van der Waals surface area contributed by atoms with Gasteiger partial charge in [-0.05, 0) is 18.7 Å². The van der Waals surface area contributed by atoms with Crippen LogP contribution in [0.3, 0.4) is 0 Å². The third kappa shape index (κ3) is 2.32. The van der Waals surface area contributed by atoms with Crippen LogP contribution in [0.25, 0.3) is 0 Å². The summed E-state index contributed by atoms with van der Waals surface area (Å²) in [5.74, 6) is 0.900. The fourth-order valence-corrected chi connectivity index (χ4v) is 2.24. The quantitative estimate of drug-likeness (QED) is 0.929. The molecule has 5 heteroatoms. The van der Waals surface area contributed by atoms with Crippen molar-refractivity contribution in [2.75, 3.05) is 7.05 Å². The minimum absolute atomic E-state index is 0.0683. The van der Waals surface area contributed by atoms with Gasteiger partial charge in [-0.15, -0.1) is 0 Å². The first-order valence-corrected chi connectivity index (χ1v) is 5.99. The van der Waals surface area contributed by atoms with Crippen LogP contribution in [0.5, 0.6) is 0 Å². The molecule has 0 saturated carbocycles. The van der Waals surface area contributed by atoms with Gasteiger partial charge < -0.3 is 9.88 Å². The van der Waals surface area contributed by atoms with E-state index in [1.165, 1.54) is 0 Å². The largest absolute Gasteiger partial charge is 0.336 e. The van der Waals surface area contributed by atoms with E-state index in [2.05, 4.69) is 10.3 Å². The molecule has 0 amide bonds. The first kappa shape index (κ1) is 12.4. The van der Waals surface area contributed by atoms with Gasteiger partial charge in [0.1, 0.15) is 5.82 Å². The lowest BCUT2D eigenvalue weighted by atomic mass is 10.1. The molecule has 0 aliphatic rings. The summed E-state index contributed by atoms with van der Waals surface area (Å²) in [6.07, 6.45) is 3.66. The van der Waals surface area contributed by atoms with E-state index in [1.54, 1.807) is 12.3 Å². The molecular weight excluding hydrogens is 257 g/mol. The van der Waals surface area contributed by atoms with Gasteiger partial charge in [-0.2, -0.15) is 0 Å². The summed E-state index contributed by atoms with van der Waals surface area (Å²) >= 11 is 12.3. The first-order valence-electron chi connectivity index (χ1n) is 5.23. The lowest BCUT2D eigenvalue weighted by molar-refractivity contribution is 0.617. The highest BCUT2D eigenvalue weighted by Gasteiger charge is 2.19. The van der Waals surface area contributed by atoms with Gasteiger partial charge in [0.15, 0.2) is 0 Å². The molecule has 90 valence electrons. The maximum absolute atomic E-state index is 6.23. The molecule has 0 fully saturated rings. The van der Waals surface area contributed by atoms with Crippen LogP contribution in [0.1, 0.15) is 17.4 Å². The molecule has 0 saturated heterocycles. The van der Waals surface area contributed by atoms with Crippen molar-refractivity contribution in [2.45, 2.75) is 6.04 Å². The number of aryl methyl sites for hydroxylation is 1. The Balaban J connectivity index is 2.50. The Kier molecular flexibility index (Phi) is 3.72. The Morgan fingerprint density at radius 1 is 1.35 bits per heavy atom. The van der Waals surface area contributed by atoms with Crippen LogP contribution in [-0.4, -0.2) is 16.6 Å². The number of benzene rings is 1. The minimum atomic E-state index is -0.0683. The molecule has 2 aromatic rings. The van der Waals surface area contributed by atoms with E-state index in [1.807, 2.05) is 37.0 Å². The number of hydrogen-bond donors (Lipinski definition) is 1. The Hall–Kier alpha value is -1.03. The molecule has 0 bridgehead atoms. The molecule has 17 heavy (non-hydrogen) atoms. The summed E-state index contributed by atoms with van der Waals surface area (Å²) in [5.41, 5.74) is 0.927. The maximum atomic E-state index is 6.23. The molecule has 0 aliphatic heterocycles. The van der Waals surface area contributed by atoms with Crippen LogP contribution >= 0.6 is 23.2 Å². The van der Waals surface area contributed by atoms with E-state index < -0.39 is 0 Å². The number of halogens is 2. The van der Waals surface area contributed by atoms with Gasteiger partial charge in [0.2, 0.25) is 0 Å². The van der Waals surface area contributed by atoms with Crippen LogP contribution in [0.15, 0.2) is 30.6 Å². The molecule has 0 spiro atoms. The zero-order valence-corrected chi connectivity index (χ0v) is 11.1. The van der Waals surface area contributed by atoms with Crippen molar-refractivity contribution in [1.82, 2.24) is 14.9 Å². The molecule has 1 aromatic heterocycles. The van der Waals surface area contributed by atoms with Crippen LogP contribution < -0.4 is 5.32 Å². The van der Waals surface area contributed by atoms with E-state index in [4.69, 9.17) is 23.2 Å². The van der Waals surface area contributed by atoms with Crippen molar-refractivity contribution in [2.24, 2.45) is 7.05 Å². The van der Waals surface area contributed by atoms with E-state index >= 15 is 0 Å². The van der Waals surface area contributed by atoms with Gasteiger partial charge in [-0.1, -0.05) is 35.3 Å². The van der Waals surface area contributed by atoms with Crippen molar-refractivity contribution in [3.05, 3.63) is 52.0 Å². The van der Waals surface area contributed by atoms with Crippen molar-refractivity contribution in [3.8, 4) is 0 Å². The fraction of sp³-hybridized carbons (Fsp3) is 0.250. The zero-order valence-electron chi connectivity index (χ0n) is 9.61. The van der Waals surface area contributed by atoms with Crippen molar-refractivity contribution < 1.29 is 0 Å². The summed E-state index contributed by atoms with van der Waals surface area (Å²) in [6, 6.07) is 5.54. The Morgan fingerprint density at radius 3 is 2.71 bits per heavy atom. The molecule has 1 heterocycles. The number of aromatic nitrogens is 2. The highest BCUT2D eigenvalue weighted by Crippen LogP contribution is 2.32. The molecule has 1 aromatic carbocycles. The van der Waals surface area contributed by atoms with E-state index in [0.717, 1.165) is 11.4 Å². The van der Waals surface area contributed by atoms with Crippen LogP contribution in [0.4, 0.5) is 0 Å². The highest BCUT2D eigenvalue weighted by atomic mass is 35.5. The second-order valence-electron chi connectivity index (χ2n) is 3.76. The van der Waals surface area contributed by atoms with E-state index in [0.29, 0.717) is 10.0 Å². The predicted octanol–water partition coefficient (Wildman–Crippen LogP) is 3.04. The molecule has 3 nitrogen and oxygen atoms in total. The normalized spacial score (nSPS) is 12.7. The smallest absolute Gasteiger partial charge is 0.130 e. The predicted molar refractivity (Wildman–Crippen MR) is 70.6 cm³/mol. The summed E-state index contributed by atoms with van der Waals surface area (Å²) in [4.78, 5) is 4.33. The molecule has 1 unspecified atom stereocenters. The van der Waals surface area contributed by atoms with Gasteiger partial charge in [-0.3, -0.25) is 0 Å². The van der Waals surface area contributed by atoms with Gasteiger partial charge in [0.05, 0.1) is 16.1 Å². The Morgan fingerprint density at radius 2 is 2.12 bits per heavy atom. The third-order valence-corrected chi connectivity index (χ3v) is 3.53. The Bertz CT molecular complexity index is 522. The highest BCUT2D eigenvalue weighted by molar-refractivity contribution is 6.42. The maximum Gasteiger partial charge on any atom is 0.130 e. The van der Waals surface area contributed by atoms with Crippen molar-refractivity contribution in [1.29, 1.82) is 0 Å². The SMILES string of the molecule is CNC(c1cccc(Cl)c1Cl)c1nccn1C. The zero-order chi connectivity index (χ0) is 12.4. The monoisotopic (exact) mass is 269 g/mol. The third-order valence-electron chi connectivity index (χ3n) is 2.70. The van der Waals surface area contributed by atoms with Crippen molar-refractivity contribution >= 4 is 23.2 Å². The number of hydrogen-bond acceptors (Lipinski definition) is 2. The average molecular weight is 270 g/mol. The topological polar surface area (TPSA) is 29.9 Å².